The predicted molar refractivity (Wildman–Crippen MR) is 162 cm³/mol. The third-order valence-electron chi connectivity index (χ3n) is 8.72. The van der Waals surface area contributed by atoms with Crippen molar-refractivity contribution < 1.29 is 34.2 Å². The van der Waals surface area contributed by atoms with Gasteiger partial charge in [-0.15, -0.1) is 11.8 Å². The SMILES string of the molecule is CN(C)c1cc(NCc2ccccc2SC(C)(C)C)c(O)c2c1C[C@H]1C[C@H]3CC(=O)C(C(N)=O)C(=O)[C@@]3(O)C(=O)C1C2=O. The number of primary amides is 1. The van der Waals surface area contributed by atoms with Gasteiger partial charge in [-0.1, -0.05) is 39.0 Å². The average molecular weight is 608 g/mol. The topological polar surface area (TPSA) is 167 Å². The highest BCUT2D eigenvalue weighted by Gasteiger charge is 2.66. The van der Waals surface area contributed by atoms with Crippen molar-refractivity contribution in [3.8, 4) is 5.75 Å². The van der Waals surface area contributed by atoms with Gasteiger partial charge in [0.1, 0.15) is 5.75 Å². The number of amides is 1. The normalized spacial score (nSPS) is 26.8. The quantitative estimate of drug-likeness (QED) is 0.218. The Bertz CT molecular complexity index is 1560. The Morgan fingerprint density at radius 1 is 1.12 bits per heavy atom. The molecule has 0 heterocycles. The first-order valence-electron chi connectivity index (χ1n) is 14.3. The van der Waals surface area contributed by atoms with E-state index in [4.69, 9.17) is 5.73 Å². The van der Waals surface area contributed by atoms with Crippen LogP contribution in [0.5, 0.6) is 5.75 Å². The van der Waals surface area contributed by atoms with Crippen LogP contribution in [0.25, 0.3) is 0 Å². The lowest BCUT2D eigenvalue weighted by Crippen LogP contribution is -2.68. The van der Waals surface area contributed by atoms with Gasteiger partial charge in [-0.25, -0.2) is 0 Å². The highest BCUT2D eigenvalue weighted by Crippen LogP contribution is 2.52. The number of hydrogen-bond acceptors (Lipinski definition) is 10. The van der Waals surface area contributed by atoms with Gasteiger partial charge in [-0.2, -0.15) is 0 Å². The number of ketones is 4. The van der Waals surface area contributed by atoms with Crippen molar-refractivity contribution in [2.24, 2.45) is 29.4 Å². The number of nitrogens with one attached hydrogen (secondary N) is 1. The van der Waals surface area contributed by atoms with Crippen LogP contribution in [-0.4, -0.2) is 63.7 Å². The highest BCUT2D eigenvalue weighted by atomic mass is 32.2. The van der Waals surface area contributed by atoms with Crippen LogP contribution < -0.4 is 16.0 Å². The number of rotatable bonds is 6. The van der Waals surface area contributed by atoms with Crippen LogP contribution in [0.4, 0.5) is 11.4 Å². The first kappa shape index (κ1) is 30.7. The Kier molecular flexibility index (Phi) is 7.71. The van der Waals surface area contributed by atoms with Crippen LogP contribution in [0.3, 0.4) is 0 Å². The molecule has 5 N–H and O–H groups in total. The zero-order valence-corrected chi connectivity index (χ0v) is 25.7. The zero-order chi connectivity index (χ0) is 31.6. The van der Waals surface area contributed by atoms with Crippen LogP contribution in [-0.2, 0) is 32.1 Å². The molecule has 0 bridgehead atoms. The molecule has 0 saturated heterocycles. The summed E-state index contributed by atoms with van der Waals surface area (Å²) in [6.45, 7) is 6.72. The fraction of sp³-hybridized carbons (Fsp3) is 0.469. The Hall–Kier alpha value is -3.70. The Morgan fingerprint density at radius 2 is 1.79 bits per heavy atom. The van der Waals surface area contributed by atoms with Gasteiger partial charge in [0.05, 0.1) is 17.2 Å². The van der Waals surface area contributed by atoms with Crippen molar-refractivity contribution in [1.82, 2.24) is 0 Å². The lowest BCUT2D eigenvalue weighted by Gasteiger charge is -2.48. The third kappa shape index (κ3) is 5.12. The van der Waals surface area contributed by atoms with Crippen LogP contribution >= 0.6 is 11.8 Å². The molecule has 0 spiro atoms. The van der Waals surface area contributed by atoms with E-state index in [0.29, 0.717) is 23.5 Å². The second-order valence-electron chi connectivity index (χ2n) is 13.0. The molecular weight excluding hydrogens is 570 g/mol. The fourth-order valence-electron chi connectivity index (χ4n) is 6.82. The molecule has 3 aliphatic carbocycles. The molecule has 10 nitrogen and oxygen atoms in total. The number of benzene rings is 2. The highest BCUT2D eigenvalue weighted by molar-refractivity contribution is 8.00. The number of anilines is 2. The maximum absolute atomic E-state index is 14.1. The summed E-state index contributed by atoms with van der Waals surface area (Å²) in [4.78, 5) is 68.5. The summed E-state index contributed by atoms with van der Waals surface area (Å²) in [5, 5.41) is 26.2. The minimum absolute atomic E-state index is 0.0226. The van der Waals surface area contributed by atoms with Crippen LogP contribution in [0.15, 0.2) is 35.2 Å². The number of fused-ring (bicyclic) bond motifs is 3. The molecule has 43 heavy (non-hydrogen) atoms. The van der Waals surface area contributed by atoms with Crippen molar-refractivity contribution >= 4 is 52.2 Å². The van der Waals surface area contributed by atoms with Crippen LogP contribution in [0, 0.1) is 23.7 Å². The van der Waals surface area contributed by atoms with E-state index in [1.165, 1.54) is 0 Å². The standard InChI is InChI=1S/C32H37N3O7S/c1-31(2,3)43-22-9-7-6-8-15(22)14-34-19-13-20(35(4)5)18-11-16-10-17-12-21(36)25(30(33)41)29(40)32(17,42)28(39)23(16)27(38)24(18)26(19)37/h6-9,13,16-17,23,25,34,37,42H,10-12,14H2,1-5H3,(H2,33,41)/t16-,17+,23?,25?,32+/m1/s1. The lowest BCUT2D eigenvalue weighted by atomic mass is 9.53. The molecule has 5 atom stereocenters. The predicted octanol–water partition coefficient (Wildman–Crippen LogP) is 2.90. The van der Waals surface area contributed by atoms with E-state index in [-0.39, 0.29) is 35.3 Å². The Morgan fingerprint density at radius 3 is 2.42 bits per heavy atom. The van der Waals surface area contributed by atoms with Gasteiger partial charge in [-0.05, 0) is 42.0 Å². The van der Waals surface area contributed by atoms with Crippen molar-refractivity contribution in [2.45, 2.75) is 61.8 Å². The van der Waals surface area contributed by atoms with E-state index in [9.17, 15) is 34.2 Å². The molecule has 2 aromatic rings. The molecule has 0 aliphatic heterocycles. The number of aliphatic hydroxyl groups is 1. The molecule has 1 amide bonds. The monoisotopic (exact) mass is 607 g/mol. The van der Waals surface area contributed by atoms with Gasteiger partial charge in [-0.3, -0.25) is 24.0 Å². The number of thioether (sulfide) groups is 1. The molecule has 2 unspecified atom stereocenters. The Labute approximate surface area is 254 Å². The van der Waals surface area contributed by atoms with E-state index in [1.807, 2.05) is 43.3 Å². The maximum Gasteiger partial charge on any atom is 0.235 e. The van der Waals surface area contributed by atoms with Gasteiger partial charge >= 0.3 is 0 Å². The van der Waals surface area contributed by atoms with Crippen molar-refractivity contribution in [3.63, 3.8) is 0 Å². The number of Topliss-reactive ketones (excluding diaryl/α,β-unsaturated/α-hetero) is 4. The first-order valence-corrected chi connectivity index (χ1v) is 15.1. The van der Waals surface area contributed by atoms with Crippen LogP contribution in [0.1, 0.15) is 55.1 Å². The summed E-state index contributed by atoms with van der Waals surface area (Å²) in [5.74, 6) is -10.3. The summed E-state index contributed by atoms with van der Waals surface area (Å²) in [6, 6.07) is 9.69. The summed E-state index contributed by atoms with van der Waals surface area (Å²) in [7, 11) is 3.63. The summed E-state index contributed by atoms with van der Waals surface area (Å²) in [5.41, 5.74) is 5.11. The lowest BCUT2D eigenvalue weighted by molar-refractivity contribution is -0.175. The molecule has 2 saturated carbocycles. The number of nitrogens with zero attached hydrogens (tertiary/aromatic N) is 1. The average Bonchev–Trinajstić information content (AvgIpc) is 2.89. The number of phenols is 1. The van der Waals surface area contributed by atoms with Gasteiger partial charge < -0.3 is 26.2 Å². The minimum atomic E-state index is -2.67. The van der Waals surface area contributed by atoms with E-state index >= 15 is 0 Å². The summed E-state index contributed by atoms with van der Waals surface area (Å²) < 4.78 is -0.0226. The van der Waals surface area contributed by atoms with E-state index < -0.39 is 58.3 Å². The number of nitrogens with two attached hydrogens (primary N) is 1. The summed E-state index contributed by atoms with van der Waals surface area (Å²) >= 11 is 1.72. The number of phenolic OH excluding ortho intramolecular Hbond substituents is 1. The number of carbonyl (C=O) groups is 5. The minimum Gasteiger partial charge on any atom is -0.505 e. The van der Waals surface area contributed by atoms with E-state index in [2.05, 4.69) is 26.1 Å². The van der Waals surface area contributed by atoms with Crippen molar-refractivity contribution in [1.29, 1.82) is 0 Å². The maximum atomic E-state index is 14.1. The van der Waals surface area contributed by atoms with E-state index in [0.717, 1.165) is 10.5 Å². The van der Waals surface area contributed by atoms with E-state index in [1.54, 1.807) is 17.8 Å². The molecule has 2 fully saturated rings. The van der Waals surface area contributed by atoms with Gasteiger partial charge in [0.25, 0.3) is 0 Å². The molecule has 11 heteroatoms. The van der Waals surface area contributed by atoms with Crippen LogP contribution in [0.2, 0.25) is 0 Å². The molecule has 3 aliphatic rings. The molecular formula is C32H37N3O7S. The molecule has 0 aromatic heterocycles. The Balaban J connectivity index is 1.53. The second kappa shape index (κ2) is 10.8. The van der Waals surface area contributed by atoms with Gasteiger partial charge in [0, 0.05) is 48.3 Å². The van der Waals surface area contributed by atoms with Crippen molar-refractivity contribution in [3.05, 3.63) is 47.0 Å². The second-order valence-corrected chi connectivity index (χ2v) is 14.8. The number of aromatic hydroxyl groups is 1. The smallest absolute Gasteiger partial charge is 0.235 e. The summed E-state index contributed by atoms with van der Waals surface area (Å²) in [6.07, 6.45) is -0.0928. The largest absolute Gasteiger partial charge is 0.505 e. The van der Waals surface area contributed by atoms with Gasteiger partial charge in [0.15, 0.2) is 34.7 Å². The van der Waals surface area contributed by atoms with Crippen molar-refractivity contribution in [2.75, 3.05) is 24.3 Å². The molecule has 2 aromatic carbocycles. The van der Waals surface area contributed by atoms with Gasteiger partial charge in [0.2, 0.25) is 5.91 Å². The first-order chi connectivity index (χ1) is 20.1. The molecule has 0 radical (unpaired) electrons. The fourth-order valence-corrected chi connectivity index (χ4v) is 7.90. The third-order valence-corrected chi connectivity index (χ3v) is 9.95. The molecule has 5 rings (SSSR count). The number of carbonyl (C=O) groups excluding carboxylic acids is 5. The number of hydrogen-bond donors (Lipinski definition) is 4. The molecule has 228 valence electrons. The zero-order valence-electron chi connectivity index (χ0n) is 24.9.